The molecule has 0 spiro atoms. The minimum atomic E-state index is -2.93. The summed E-state index contributed by atoms with van der Waals surface area (Å²) in [6, 6.07) is 0.0641. The van der Waals surface area contributed by atoms with E-state index in [1.807, 2.05) is 33.5 Å². The number of ether oxygens (including phenoxy) is 1. The van der Waals surface area contributed by atoms with Gasteiger partial charge in [-0.05, 0) is 33.0 Å². The molecule has 1 unspecified atom stereocenters. The average molecular weight is 294 g/mol. The van der Waals surface area contributed by atoms with E-state index >= 15 is 0 Å². The highest BCUT2D eigenvalue weighted by molar-refractivity contribution is 6.80. The predicted octanol–water partition coefficient (Wildman–Crippen LogP) is 2.41. The molecular formula is C11H26O5Si2. The fourth-order valence-electron chi connectivity index (χ4n) is 1.34. The average Bonchev–Trinajstić information content (AvgIpc) is 2.25. The maximum atomic E-state index is 11.8. The topological polar surface area (TPSA) is 54.0 Å². The van der Waals surface area contributed by atoms with Gasteiger partial charge in [-0.15, -0.1) is 0 Å². The van der Waals surface area contributed by atoms with Gasteiger partial charge in [0, 0.05) is 14.2 Å². The first kappa shape index (κ1) is 17.8. The second-order valence-corrected chi connectivity index (χ2v) is 12.8. The first-order valence-corrected chi connectivity index (χ1v) is 11.5. The second kappa shape index (κ2) is 7.39. The molecule has 0 N–H and O–H groups in total. The molecule has 0 heterocycles. The van der Waals surface area contributed by atoms with Gasteiger partial charge in [-0.1, -0.05) is 6.92 Å². The van der Waals surface area contributed by atoms with Crippen LogP contribution in [0.3, 0.4) is 0 Å². The number of rotatable bonds is 8. The SMILES string of the molecule is CCC(C)OC(=O)C[Si](OC)(OC)O[Si](C)(C)C. The van der Waals surface area contributed by atoms with Crippen LogP contribution in [0.2, 0.25) is 25.7 Å². The van der Waals surface area contributed by atoms with Gasteiger partial charge in [0.1, 0.15) is 6.04 Å². The molecule has 0 aromatic carbocycles. The van der Waals surface area contributed by atoms with Crippen LogP contribution in [-0.4, -0.2) is 43.4 Å². The van der Waals surface area contributed by atoms with E-state index in [1.165, 1.54) is 14.2 Å². The molecule has 0 aliphatic rings. The first-order chi connectivity index (χ1) is 8.18. The Kier molecular flexibility index (Phi) is 7.30. The van der Waals surface area contributed by atoms with Crippen molar-refractivity contribution in [2.45, 2.75) is 52.1 Å². The van der Waals surface area contributed by atoms with Crippen LogP contribution in [0.1, 0.15) is 20.3 Å². The molecule has 1 atom stereocenters. The fraction of sp³-hybridized carbons (Fsp3) is 0.909. The lowest BCUT2D eigenvalue weighted by Crippen LogP contribution is -2.52. The van der Waals surface area contributed by atoms with Crippen LogP contribution in [0.15, 0.2) is 0 Å². The van der Waals surface area contributed by atoms with Crippen LogP contribution in [0.5, 0.6) is 0 Å². The van der Waals surface area contributed by atoms with Crippen LogP contribution in [0.4, 0.5) is 0 Å². The lowest BCUT2D eigenvalue weighted by atomic mass is 10.3. The number of hydrogen-bond acceptors (Lipinski definition) is 5. The summed E-state index contributed by atoms with van der Waals surface area (Å²) in [5.74, 6) is -0.321. The molecule has 0 aliphatic heterocycles. The zero-order valence-corrected chi connectivity index (χ0v) is 14.5. The third-order valence-corrected chi connectivity index (χ3v) is 8.01. The molecular weight excluding hydrogens is 268 g/mol. The Bertz CT molecular complexity index is 261. The second-order valence-electron chi connectivity index (χ2n) is 5.19. The molecule has 18 heavy (non-hydrogen) atoms. The normalized spacial score (nSPS) is 14.4. The minimum Gasteiger partial charge on any atom is -0.463 e. The quantitative estimate of drug-likeness (QED) is 0.508. The van der Waals surface area contributed by atoms with Crippen LogP contribution in [0.25, 0.3) is 0 Å². The van der Waals surface area contributed by atoms with E-state index in [1.54, 1.807) is 0 Å². The van der Waals surface area contributed by atoms with Crippen molar-refractivity contribution >= 4 is 23.1 Å². The highest BCUT2D eigenvalue weighted by Gasteiger charge is 2.46. The van der Waals surface area contributed by atoms with Crippen molar-refractivity contribution in [3.63, 3.8) is 0 Å². The summed E-state index contributed by atoms with van der Waals surface area (Å²) in [6.45, 7) is 9.93. The van der Waals surface area contributed by atoms with Crippen molar-refractivity contribution in [3.8, 4) is 0 Å². The van der Waals surface area contributed by atoms with Gasteiger partial charge in [0.25, 0.3) is 0 Å². The Morgan fingerprint density at radius 3 is 2.00 bits per heavy atom. The van der Waals surface area contributed by atoms with Crippen LogP contribution < -0.4 is 0 Å². The summed E-state index contributed by atoms with van der Waals surface area (Å²) >= 11 is 0. The van der Waals surface area contributed by atoms with Gasteiger partial charge >= 0.3 is 14.8 Å². The van der Waals surface area contributed by atoms with Gasteiger partial charge in [0.2, 0.25) is 0 Å². The first-order valence-electron chi connectivity index (χ1n) is 6.18. The number of esters is 1. The van der Waals surface area contributed by atoms with Gasteiger partial charge in [0.15, 0.2) is 8.32 Å². The molecule has 0 amide bonds. The smallest absolute Gasteiger partial charge is 0.463 e. The molecule has 0 aromatic heterocycles. The summed E-state index contributed by atoms with van der Waals surface area (Å²) in [7, 11) is -1.74. The standard InChI is InChI=1S/C11H26O5Si2/c1-8-10(2)15-11(12)9-18(13-3,14-4)16-17(5,6)7/h10H,8-9H2,1-7H3. The maximum Gasteiger partial charge on any atom is 0.501 e. The van der Waals surface area contributed by atoms with E-state index in [-0.39, 0.29) is 18.1 Å². The lowest BCUT2D eigenvalue weighted by molar-refractivity contribution is -0.146. The molecule has 0 radical (unpaired) electrons. The summed E-state index contributed by atoms with van der Waals surface area (Å²) in [5, 5.41) is 0. The van der Waals surface area contributed by atoms with Gasteiger partial charge in [0.05, 0.1) is 6.10 Å². The zero-order valence-electron chi connectivity index (χ0n) is 12.5. The molecule has 0 aromatic rings. The highest BCUT2D eigenvalue weighted by Crippen LogP contribution is 2.21. The maximum absolute atomic E-state index is 11.8. The molecule has 108 valence electrons. The Morgan fingerprint density at radius 2 is 1.67 bits per heavy atom. The zero-order chi connectivity index (χ0) is 14.4. The Hall–Kier alpha value is -0.216. The van der Waals surface area contributed by atoms with Gasteiger partial charge in [-0.3, -0.25) is 4.79 Å². The van der Waals surface area contributed by atoms with Gasteiger partial charge < -0.3 is 17.7 Å². The predicted molar refractivity (Wildman–Crippen MR) is 74.9 cm³/mol. The third kappa shape index (κ3) is 6.65. The Balaban J connectivity index is 4.65. The summed E-state index contributed by atoms with van der Waals surface area (Å²) in [5.41, 5.74) is 0. The molecule has 7 heteroatoms. The largest absolute Gasteiger partial charge is 0.501 e. The van der Waals surface area contributed by atoms with Crippen molar-refractivity contribution in [2.75, 3.05) is 14.2 Å². The van der Waals surface area contributed by atoms with E-state index in [4.69, 9.17) is 17.7 Å². The van der Waals surface area contributed by atoms with E-state index in [0.29, 0.717) is 0 Å². The van der Waals surface area contributed by atoms with Crippen molar-refractivity contribution in [1.29, 1.82) is 0 Å². The molecule has 0 saturated heterocycles. The molecule has 0 fully saturated rings. The van der Waals surface area contributed by atoms with E-state index < -0.39 is 17.1 Å². The van der Waals surface area contributed by atoms with Crippen LogP contribution >= 0.6 is 0 Å². The minimum absolute atomic E-state index is 0.0641. The summed E-state index contributed by atoms with van der Waals surface area (Å²) in [4.78, 5) is 11.8. The Labute approximate surface area is 112 Å². The summed E-state index contributed by atoms with van der Waals surface area (Å²) in [6.07, 6.45) is 0.694. The molecule has 0 saturated carbocycles. The lowest BCUT2D eigenvalue weighted by Gasteiger charge is -2.32. The van der Waals surface area contributed by atoms with Crippen molar-refractivity contribution in [2.24, 2.45) is 0 Å². The molecule has 0 bridgehead atoms. The van der Waals surface area contributed by atoms with E-state index in [0.717, 1.165) is 6.42 Å². The summed E-state index contributed by atoms with van der Waals surface area (Å²) < 4.78 is 21.9. The molecule has 0 aliphatic carbocycles. The monoisotopic (exact) mass is 294 g/mol. The highest BCUT2D eigenvalue weighted by atomic mass is 28.5. The number of hydrogen-bond donors (Lipinski definition) is 0. The van der Waals surface area contributed by atoms with Crippen molar-refractivity contribution < 1.29 is 22.5 Å². The van der Waals surface area contributed by atoms with Crippen molar-refractivity contribution in [1.82, 2.24) is 0 Å². The van der Waals surface area contributed by atoms with Crippen LogP contribution in [-0.2, 0) is 22.5 Å². The van der Waals surface area contributed by atoms with Gasteiger partial charge in [-0.25, -0.2) is 0 Å². The fourth-order valence-corrected chi connectivity index (χ4v) is 6.92. The van der Waals surface area contributed by atoms with E-state index in [2.05, 4.69) is 0 Å². The number of carbonyl (C=O) groups excluding carboxylic acids is 1. The van der Waals surface area contributed by atoms with Crippen LogP contribution in [0, 0.1) is 0 Å². The van der Waals surface area contributed by atoms with E-state index in [9.17, 15) is 4.79 Å². The third-order valence-electron chi connectivity index (χ3n) is 2.35. The van der Waals surface area contributed by atoms with Gasteiger partial charge in [-0.2, -0.15) is 0 Å². The molecule has 0 rings (SSSR count). The molecule has 5 nitrogen and oxygen atoms in total. The van der Waals surface area contributed by atoms with Crippen molar-refractivity contribution in [3.05, 3.63) is 0 Å². The number of carbonyl (C=O) groups is 1. The Morgan fingerprint density at radius 1 is 1.17 bits per heavy atom.